The van der Waals surface area contributed by atoms with Crippen molar-refractivity contribution in [3.63, 3.8) is 0 Å². The van der Waals surface area contributed by atoms with Crippen LogP contribution in [0.25, 0.3) is 0 Å². The van der Waals surface area contributed by atoms with Gasteiger partial charge in [0.1, 0.15) is 13.2 Å². The molecule has 0 aliphatic carbocycles. The highest BCUT2D eigenvalue weighted by Gasteiger charge is 2.23. The minimum absolute atomic E-state index is 0.412. The molecule has 0 saturated heterocycles. The minimum atomic E-state index is 0.412. The topological polar surface area (TPSA) is 39.7 Å². The molecule has 1 aromatic rings. The van der Waals surface area contributed by atoms with Crippen LogP contribution in [0.5, 0.6) is 11.5 Å². The maximum atomic E-state index is 5.69. The monoisotopic (exact) mass is 263 g/mol. The summed E-state index contributed by atoms with van der Waals surface area (Å²) in [5.41, 5.74) is 2.76. The van der Waals surface area contributed by atoms with Crippen LogP contribution in [-0.4, -0.2) is 33.5 Å². The summed E-state index contributed by atoms with van der Waals surface area (Å²) >= 11 is 0. The van der Waals surface area contributed by atoms with Crippen LogP contribution in [0, 0.1) is 0 Å². The molecular weight excluding hydrogens is 242 g/mol. The highest BCUT2D eigenvalue weighted by molar-refractivity contribution is 5.50. The van der Waals surface area contributed by atoms with Gasteiger partial charge >= 0.3 is 0 Å². The van der Waals surface area contributed by atoms with Crippen molar-refractivity contribution in [2.75, 3.05) is 33.5 Å². The number of nitrogens with one attached hydrogen (secondary N) is 1. The van der Waals surface area contributed by atoms with Crippen molar-refractivity contribution in [3.05, 3.63) is 23.3 Å². The Morgan fingerprint density at radius 2 is 2.05 bits per heavy atom. The van der Waals surface area contributed by atoms with Crippen molar-refractivity contribution in [1.82, 2.24) is 5.32 Å². The molecule has 0 spiro atoms. The molecule has 1 aromatic carbocycles. The molecule has 1 N–H and O–H groups in total. The first kappa shape index (κ1) is 12.8. The fraction of sp³-hybridized carbons (Fsp3) is 0.600. The van der Waals surface area contributed by atoms with Gasteiger partial charge in [-0.15, -0.1) is 0 Å². The summed E-state index contributed by atoms with van der Waals surface area (Å²) in [5.74, 6) is 1.80. The van der Waals surface area contributed by atoms with Crippen molar-refractivity contribution in [2.24, 2.45) is 0 Å². The largest absolute Gasteiger partial charge is 0.486 e. The summed E-state index contributed by atoms with van der Waals surface area (Å²) in [6.45, 7) is 3.15. The molecule has 2 heterocycles. The first-order chi connectivity index (χ1) is 9.38. The fourth-order valence-corrected chi connectivity index (χ4v) is 2.87. The number of benzene rings is 1. The van der Waals surface area contributed by atoms with Gasteiger partial charge in [-0.2, -0.15) is 0 Å². The van der Waals surface area contributed by atoms with Crippen molar-refractivity contribution >= 4 is 0 Å². The molecule has 3 rings (SSSR count). The van der Waals surface area contributed by atoms with E-state index in [9.17, 15) is 0 Å². The summed E-state index contributed by atoms with van der Waals surface area (Å²) < 4.78 is 16.5. The van der Waals surface area contributed by atoms with Crippen LogP contribution < -0.4 is 14.8 Å². The van der Waals surface area contributed by atoms with Gasteiger partial charge in [0.05, 0.1) is 0 Å². The third-order valence-electron chi connectivity index (χ3n) is 3.81. The number of ether oxygens (including phenoxy) is 3. The van der Waals surface area contributed by atoms with E-state index in [0.29, 0.717) is 19.3 Å². The van der Waals surface area contributed by atoms with Crippen LogP contribution in [0.1, 0.15) is 30.0 Å². The predicted molar refractivity (Wildman–Crippen MR) is 73.0 cm³/mol. The van der Waals surface area contributed by atoms with Gasteiger partial charge in [0.25, 0.3) is 0 Å². The van der Waals surface area contributed by atoms with Gasteiger partial charge in [-0.3, -0.25) is 0 Å². The minimum Gasteiger partial charge on any atom is -0.486 e. The molecule has 2 aliphatic rings. The molecule has 0 radical (unpaired) electrons. The third-order valence-corrected chi connectivity index (χ3v) is 3.81. The zero-order chi connectivity index (χ0) is 13.1. The third kappa shape index (κ3) is 2.69. The van der Waals surface area contributed by atoms with Gasteiger partial charge in [-0.05, 0) is 49.1 Å². The molecule has 1 unspecified atom stereocenters. The summed E-state index contributed by atoms with van der Waals surface area (Å²) in [6, 6.07) is 4.73. The highest BCUT2D eigenvalue weighted by atomic mass is 16.6. The molecule has 0 bridgehead atoms. The van der Waals surface area contributed by atoms with Gasteiger partial charge < -0.3 is 19.5 Å². The zero-order valence-corrected chi connectivity index (χ0v) is 11.4. The lowest BCUT2D eigenvalue weighted by molar-refractivity contribution is 0.170. The quantitative estimate of drug-likeness (QED) is 0.844. The first-order valence-electron chi connectivity index (χ1n) is 7.03. The van der Waals surface area contributed by atoms with E-state index in [1.807, 2.05) is 0 Å². The second kappa shape index (κ2) is 5.80. The Hall–Kier alpha value is -1.26. The van der Waals surface area contributed by atoms with E-state index in [1.54, 1.807) is 7.11 Å². The van der Waals surface area contributed by atoms with Crippen molar-refractivity contribution in [3.8, 4) is 11.5 Å². The van der Waals surface area contributed by atoms with Crippen molar-refractivity contribution < 1.29 is 14.2 Å². The van der Waals surface area contributed by atoms with Crippen LogP contribution in [-0.2, 0) is 11.2 Å². The van der Waals surface area contributed by atoms with Crippen LogP contribution in [0.3, 0.4) is 0 Å². The average Bonchev–Trinajstić information content (AvgIpc) is 2.46. The van der Waals surface area contributed by atoms with E-state index in [0.717, 1.165) is 43.9 Å². The average molecular weight is 263 g/mol. The fourth-order valence-electron chi connectivity index (χ4n) is 2.87. The highest BCUT2D eigenvalue weighted by Crippen LogP contribution is 2.38. The van der Waals surface area contributed by atoms with Crippen LogP contribution in [0.15, 0.2) is 12.1 Å². The first-order valence-corrected chi connectivity index (χ1v) is 7.03. The van der Waals surface area contributed by atoms with Crippen molar-refractivity contribution in [1.29, 1.82) is 0 Å². The van der Waals surface area contributed by atoms with E-state index in [4.69, 9.17) is 14.2 Å². The molecule has 0 amide bonds. The van der Waals surface area contributed by atoms with Gasteiger partial charge in [0.15, 0.2) is 11.5 Å². The molecule has 4 nitrogen and oxygen atoms in total. The number of hydrogen-bond acceptors (Lipinski definition) is 4. The van der Waals surface area contributed by atoms with Gasteiger partial charge in [-0.25, -0.2) is 0 Å². The van der Waals surface area contributed by atoms with E-state index < -0.39 is 0 Å². The molecule has 104 valence electrons. The van der Waals surface area contributed by atoms with E-state index in [-0.39, 0.29) is 0 Å². The molecule has 1 atom stereocenters. The number of fused-ring (bicyclic) bond motifs is 2. The maximum absolute atomic E-state index is 5.69. The SMILES string of the molecule is COCCCC1NCCc2cc3c(cc21)OCCO3. The van der Waals surface area contributed by atoms with E-state index in [2.05, 4.69) is 17.4 Å². The van der Waals surface area contributed by atoms with Crippen LogP contribution in [0.4, 0.5) is 0 Å². The molecular formula is C15H21NO3. The Balaban J connectivity index is 1.82. The van der Waals surface area contributed by atoms with Gasteiger partial charge in [0.2, 0.25) is 0 Å². The lowest BCUT2D eigenvalue weighted by atomic mass is 9.91. The summed E-state index contributed by atoms with van der Waals surface area (Å²) in [5, 5.41) is 3.59. The molecule has 19 heavy (non-hydrogen) atoms. The summed E-state index contributed by atoms with van der Waals surface area (Å²) in [7, 11) is 1.75. The van der Waals surface area contributed by atoms with Crippen molar-refractivity contribution in [2.45, 2.75) is 25.3 Å². The lowest BCUT2D eigenvalue weighted by Crippen LogP contribution is -2.30. The Bertz CT molecular complexity index is 447. The normalized spacial score (nSPS) is 21.0. The molecule has 0 saturated carbocycles. The van der Waals surface area contributed by atoms with E-state index >= 15 is 0 Å². The van der Waals surface area contributed by atoms with E-state index in [1.165, 1.54) is 11.1 Å². The Morgan fingerprint density at radius 3 is 2.84 bits per heavy atom. The Morgan fingerprint density at radius 1 is 1.26 bits per heavy atom. The number of hydrogen-bond donors (Lipinski definition) is 1. The molecule has 0 aromatic heterocycles. The maximum Gasteiger partial charge on any atom is 0.161 e. The zero-order valence-electron chi connectivity index (χ0n) is 11.4. The second-order valence-corrected chi connectivity index (χ2v) is 5.09. The van der Waals surface area contributed by atoms with Gasteiger partial charge in [0, 0.05) is 19.8 Å². The summed E-state index contributed by atoms with van der Waals surface area (Å²) in [4.78, 5) is 0. The van der Waals surface area contributed by atoms with Gasteiger partial charge in [-0.1, -0.05) is 0 Å². The Kier molecular flexibility index (Phi) is 3.89. The predicted octanol–water partition coefficient (Wildman–Crippen LogP) is 2.07. The van der Waals surface area contributed by atoms with Crippen LogP contribution >= 0.6 is 0 Å². The summed E-state index contributed by atoms with van der Waals surface area (Å²) in [6.07, 6.45) is 3.23. The number of rotatable bonds is 4. The molecule has 2 aliphatic heterocycles. The Labute approximate surface area is 114 Å². The standard InChI is InChI=1S/C15H21NO3/c1-17-6-2-3-13-12-10-15-14(18-7-8-19-15)9-11(12)4-5-16-13/h9-10,13,16H,2-8H2,1H3. The second-order valence-electron chi connectivity index (χ2n) is 5.09. The molecule has 0 fully saturated rings. The smallest absolute Gasteiger partial charge is 0.161 e. The number of methoxy groups -OCH3 is 1. The lowest BCUT2D eigenvalue weighted by Gasteiger charge is -2.29. The van der Waals surface area contributed by atoms with Crippen LogP contribution in [0.2, 0.25) is 0 Å². The molecule has 4 heteroatoms.